The molecule has 49 heavy (non-hydrogen) atoms. The SMILES string of the molecule is CC(=O)COCCOCCOCCOCCc1ccc(CO[C@H](C)C(CCC(N)=O)NC(=O)[C@@H]2Cc3cccc4c3N2C(=O)CCC4)cc1. The molecule has 0 fully saturated rings. The number of benzene rings is 2. The van der Waals surface area contributed by atoms with Crippen LogP contribution in [0, 0.1) is 0 Å². The Bertz CT molecular complexity index is 1380. The summed E-state index contributed by atoms with van der Waals surface area (Å²) in [6.07, 6.45) is 3.23. The second-order valence-corrected chi connectivity index (χ2v) is 12.6. The molecule has 0 radical (unpaired) electrons. The molecule has 0 aromatic heterocycles. The number of hydrogen-bond acceptors (Lipinski definition) is 9. The van der Waals surface area contributed by atoms with Gasteiger partial charge in [-0.3, -0.25) is 24.1 Å². The van der Waals surface area contributed by atoms with Crippen molar-refractivity contribution in [3.05, 3.63) is 64.7 Å². The summed E-state index contributed by atoms with van der Waals surface area (Å²) in [6.45, 7) is 7.06. The molecule has 2 aromatic carbocycles. The Hall–Kier alpha value is -3.68. The minimum absolute atomic E-state index is 0.00661. The van der Waals surface area contributed by atoms with Crippen LogP contribution in [0.1, 0.15) is 61.8 Å². The topological polar surface area (TPSA) is 156 Å². The van der Waals surface area contributed by atoms with Gasteiger partial charge in [0.1, 0.15) is 12.6 Å². The molecule has 4 rings (SSSR count). The molecule has 2 aliphatic rings. The molecule has 3 atom stereocenters. The number of aryl methyl sites for hydroxylation is 1. The van der Waals surface area contributed by atoms with E-state index in [0.29, 0.717) is 72.1 Å². The predicted molar refractivity (Wildman–Crippen MR) is 183 cm³/mol. The Morgan fingerprint density at radius 3 is 2.18 bits per heavy atom. The van der Waals surface area contributed by atoms with Crippen molar-refractivity contribution < 1.29 is 42.9 Å². The number of amides is 3. The van der Waals surface area contributed by atoms with Crippen molar-refractivity contribution in [2.24, 2.45) is 5.73 Å². The number of nitrogens with zero attached hydrogens (tertiary/aromatic N) is 1. The summed E-state index contributed by atoms with van der Waals surface area (Å²) in [5, 5.41) is 3.09. The summed E-state index contributed by atoms with van der Waals surface area (Å²) < 4.78 is 27.9. The number of carbonyl (C=O) groups is 4. The highest BCUT2D eigenvalue weighted by molar-refractivity contribution is 6.04. The minimum atomic E-state index is -0.634. The second-order valence-electron chi connectivity index (χ2n) is 12.6. The van der Waals surface area contributed by atoms with Crippen LogP contribution in [0.5, 0.6) is 0 Å². The first kappa shape index (κ1) is 38.1. The first-order valence-electron chi connectivity index (χ1n) is 17.2. The van der Waals surface area contributed by atoms with Crippen molar-refractivity contribution in [2.75, 3.05) is 57.8 Å². The summed E-state index contributed by atoms with van der Waals surface area (Å²) in [7, 11) is 0. The molecule has 0 aliphatic carbocycles. The van der Waals surface area contributed by atoms with Crippen LogP contribution < -0.4 is 16.0 Å². The zero-order valence-electron chi connectivity index (χ0n) is 28.8. The van der Waals surface area contributed by atoms with Gasteiger partial charge in [0.25, 0.3) is 0 Å². The van der Waals surface area contributed by atoms with Gasteiger partial charge in [-0.1, -0.05) is 42.5 Å². The van der Waals surface area contributed by atoms with Crippen LogP contribution in [-0.4, -0.2) is 94.5 Å². The number of ketones is 1. The maximum Gasteiger partial charge on any atom is 0.243 e. The van der Waals surface area contributed by atoms with Gasteiger partial charge in [0.15, 0.2) is 5.78 Å². The fourth-order valence-corrected chi connectivity index (χ4v) is 6.05. The summed E-state index contributed by atoms with van der Waals surface area (Å²) in [5.74, 6) is -0.740. The smallest absolute Gasteiger partial charge is 0.243 e. The van der Waals surface area contributed by atoms with Crippen LogP contribution >= 0.6 is 0 Å². The van der Waals surface area contributed by atoms with Crippen LogP contribution in [0.4, 0.5) is 5.69 Å². The van der Waals surface area contributed by atoms with Gasteiger partial charge in [-0.05, 0) is 61.8 Å². The number of Topliss-reactive ketones (excluding diaryl/α,β-unsaturated/α-hetero) is 1. The quantitative estimate of drug-likeness (QED) is 0.169. The van der Waals surface area contributed by atoms with Crippen LogP contribution in [0.3, 0.4) is 0 Å². The summed E-state index contributed by atoms with van der Waals surface area (Å²) in [6, 6.07) is 13.0. The number of hydrogen-bond donors (Lipinski definition) is 2. The number of para-hydroxylation sites is 1. The molecule has 12 heteroatoms. The molecule has 2 heterocycles. The number of anilines is 1. The molecule has 0 spiro atoms. The zero-order chi connectivity index (χ0) is 35.0. The number of rotatable bonds is 23. The van der Waals surface area contributed by atoms with E-state index < -0.39 is 24.1 Å². The summed E-state index contributed by atoms with van der Waals surface area (Å²) in [4.78, 5) is 50.9. The molecule has 0 saturated carbocycles. The Kier molecular flexibility index (Phi) is 15.6. The Balaban J connectivity index is 1.16. The van der Waals surface area contributed by atoms with Crippen molar-refractivity contribution in [3.8, 4) is 0 Å². The third-order valence-corrected chi connectivity index (χ3v) is 8.67. The van der Waals surface area contributed by atoms with Gasteiger partial charge in [-0.15, -0.1) is 0 Å². The van der Waals surface area contributed by atoms with Crippen LogP contribution in [-0.2, 0) is 68.7 Å². The average Bonchev–Trinajstić information content (AvgIpc) is 3.40. The van der Waals surface area contributed by atoms with Gasteiger partial charge in [0.05, 0.1) is 70.7 Å². The highest BCUT2D eigenvalue weighted by atomic mass is 16.6. The van der Waals surface area contributed by atoms with E-state index in [-0.39, 0.29) is 30.6 Å². The molecule has 12 nitrogen and oxygen atoms in total. The van der Waals surface area contributed by atoms with Crippen molar-refractivity contribution in [1.29, 1.82) is 0 Å². The Labute approximate surface area is 288 Å². The summed E-state index contributed by atoms with van der Waals surface area (Å²) >= 11 is 0. The van der Waals surface area contributed by atoms with E-state index in [1.165, 1.54) is 6.92 Å². The van der Waals surface area contributed by atoms with Crippen molar-refractivity contribution in [3.63, 3.8) is 0 Å². The molecule has 268 valence electrons. The van der Waals surface area contributed by atoms with E-state index in [1.54, 1.807) is 4.90 Å². The first-order valence-corrected chi connectivity index (χ1v) is 17.2. The molecule has 0 bridgehead atoms. The van der Waals surface area contributed by atoms with Gasteiger partial charge in [-0.2, -0.15) is 0 Å². The number of ether oxygens (including phenoxy) is 5. The monoisotopic (exact) mass is 681 g/mol. The van der Waals surface area contributed by atoms with Crippen LogP contribution in [0.15, 0.2) is 42.5 Å². The molecule has 3 N–H and O–H groups in total. The van der Waals surface area contributed by atoms with Crippen molar-refractivity contribution in [2.45, 2.75) is 83.6 Å². The van der Waals surface area contributed by atoms with E-state index in [9.17, 15) is 19.2 Å². The standard InChI is InChI=1S/C37H51N3O9/c1-26(41)24-48-22-21-47-20-19-46-18-17-45-16-15-28-9-11-29(12-10-28)25-49-27(2)32(13-14-34(38)42)39-37(44)33-23-31-7-3-5-30-6-4-8-35(43)40(33)36(30)31/h3,5,7,9-12,27,32-33H,4,6,8,13-25H2,1-2H3,(H2,38,42)(H,39,44)/t27-,32?,33+/m1/s1. The number of nitrogens with two attached hydrogens (primary N) is 1. The molecule has 0 saturated heterocycles. The number of carbonyl (C=O) groups excluding carboxylic acids is 4. The van der Waals surface area contributed by atoms with Crippen LogP contribution in [0.25, 0.3) is 0 Å². The van der Waals surface area contributed by atoms with E-state index in [1.807, 2.05) is 49.4 Å². The number of primary amides is 1. The third-order valence-electron chi connectivity index (χ3n) is 8.67. The predicted octanol–water partition coefficient (Wildman–Crippen LogP) is 2.83. The lowest BCUT2D eigenvalue weighted by Gasteiger charge is -2.29. The maximum atomic E-state index is 13.7. The maximum absolute atomic E-state index is 13.7. The van der Waals surface area contributed by atoms with Gasteiger partial charge in [0, 0.05) is 19.3 Å². The van der Waals surface area contributed by atoms with Gasteiger partial charge in [-0.25, -0.2) is 0 Å². The van der Waals surface area contributed by atoms with Crippen molar-refractivity contribution >= 4 is 29.2 Å². The molecule has 3 amide bonds. The van der Waals surface area contributed by atoms with E-state index in [2.05, 4.69) is 5.32 Å². The normalized spacial score (nSPS) is 16.6. The zero-order valence-corrected chi connectivity index (χ0v) is 28.8. The fraction of sp³-hybridized carbons (Fsp3) is 0.568. The largest absolute Gasteiger partial charge is 0.379 e. The lowest BCUT2D eigenvalue weighted by Crippen LogP contribution is -2.53. The van der Waals surface area contributed by atoms with Crippen LogP contribution in [0.2, 0.25) is 0 Å². The lowest BCUT2D eigenvalue weighted by molar-refractivity contribution is -0.128. The highest BCUT2D eigenvalue weighted by Crippen LogP contribution is 2.39. The van der Waals surface area contributed by atoms with E-state index >= 15 is 0 Å². The van der Waals surface area contributed by atoms with Gasteiger partial charge < -0.3 is 34.7 Å². The molecule has 2 aromatic rings. The Morgan fingerprint density at radius 1 is 0.878 bits per heavy atom. The second kappa shape index (κ2) is 20.1. The lowest BCUT2D eigenvalue weighted by atomic mass is 10.0. The van der Waals surface area contributed by atoms with Gasteiger partial charge in [0.2, 0.25) is 17.7 Å². The van der Waals surface area contributed by atoms with Gasteiger partial charge >= 0.3 is 0 Å². The van der Waals surface area contributed by atoms with Crippen molar-refractivity contribution in [1.82, 2.24) is 5.32 Å². The fourth-order valence-electron chi connectivity index (χ4n) is 6.05. The molecular formula is C37H51N3O9. The molecule has 2 aliphatic heterocycles. The minimum Gasteiger partial charge on any atom is -0.379 e. The molecular weight excluding hydrogens is 630 g/mol. The first-order chi connectivity index (χ1) is 23.7. The highest BCUT2D eigenvalue weighted by Gasteiger charge is 2.41. The number of nitrogens with one attached hydrogen (secondary N) is 1. The third kappa shape index (κ3) is 12.3. The summed E-state index contributed by atoms with van der Waals surface area (Å²) in [5.41, 5.74) is 10.6. The van der Waals surface area contributed by atoms with E-state index in [4.69, 9.17) is 29.4 Å². The molecule has 1 unspecified atom stereocenters. The van der Waals surface area contributed by atoms with E-state index in [0.717, 1.165) is 47.2 Å². The average molecular weight is 682 g/mol. The Morgan fingerprint density at radius 2 is 1.51 bits per heavy atom.